The van der Waals surface area contributed by atoms with Gasteiger partial charge in [-0.15, -0.1) is 24.0 Å². The fraction of sp³-hybridized carbons (Fsp3) is 0.250. The van der Waals surface area contributed by atoms with Crippen LogP contribution in [0.4, 0.5) is 0 Å². The fourth-order valence-corrected chi connectivity index (χ4v) is 1.94. The highest BCUT2D eigenvalue weighted by Crippen LogP contribution is 2.29. The van der Waals surface area contributed by atoms with Crippen LogP contribution in [0.3, 0.4) is 0 Å². The van der Waals surface area contributed by atoms with Crippen molar-refractivity contribution in [2.45, 2.75) is 19.9 Å². The molecule has 2 rings (SSSR count). The van der Waals surface area contributed by atoms with Gasteiger partial charge in [-0.05, 0) is 13.0 Å². The zero-order valence-corrected chi connectivity index (χ0v) is 12.9. The number of nitrogens with zero attached hydrogens (tertiary/aromatic N) is 2. The number of rotatable bonds is 3. The van der Waals surface area contributed by atoms with Crippen LogP contribution in [0.25, 0.3) is 10.9 Å². The number of aryl methyl sites for hydroxylation is 2. The molecule has 2 aromatic rings. The van der Waals surface area contributed by atoms with E-state index in [4.69, 9.17) is 5.11 Å². The van der Waals surface area contributed by atoms with Crippen LogP contribution in [0.1, 0.15) is 12.1 Å². The normalized spacial score (nSPS) is 10.2. The summed E-state index contributed by atoms with van der Waals surface area (Å²) in [6, 6.07) is 2.46. The number of aromatic hydroxyl groups is 2. The predicted octanol–water partition coefficient (Wildman–Crippen LogP) is 1.21. The van der Waals surface area contributed by atoms with E-state index < -0.39 is 11.7 Å². The topological polar surface area (TPSA) is 113 Å². The van der Waals surface area contributed by atoms with Gasteiger partial charge in [-0.25, -0.2) is 4.79 Å². The molecule has 0 bridgehead atoms. The maximum absolute atomic E-state index is 11.8. The number of carboxylic acids is 1. The first kappa shape index (κ1) is 16.2. The van der Waals surface area contributed by atoms with Gasteiger partial charge in [0.15, 0.2) is 0 Å². The summed E-state index contributed by atoms with van der Waals surface area (Å²) in [5.41, 5.74) is -0.0958. The summed E-state index contributed by atoms with van der Waals surface area (Å²) in [6.45, 7) is 1.47. The lowest BCUT2D eigenvalue weighted by Crippen LogP contribution is -2.25. The van der Waals surface area contributed by atoms with Crippen molar-refractivity contribution in [2.24, 2.45) is 0 Å². The molecule has 0 unspecified atom stereocenters. The van der Waals surface area contributed by atoms with Gasteiger partial charge >= 0.3 is 11.7 Å². The maximum Gasteiger partial charge on any atom is 0.348 e. The van der Waals surface area contributed by atoms with Crippen LogP contribution in [0.2, 0.25) is 0 Å². The number of aromatic nitrogens is 2. The SMILES string of the molecule is Cc1nc(=O)n(CCC(=O)O)c2c(O)cc(O)cc12.I. The molecule has 7 nitrogen and oxygen atoms in total. The van der Waals surface area contributed by atoms with Crippen molar-refractivity contribution in [3.8, 4) is 11.5 Å². The molecule has 108 valence electrons. The highest BCUT2D eigenvalue weighted by molar-refractivity contribution is 14.0. The molecule has 0 amide bonds. The highest BCUT2D eigenvalue weighted by atomic mass is 127. The number of phenolic OH excluding ortho intramolecular Hbond substituents is 2. The number of halogens is 1. The molecule has 0 saturated carbocycles. The first-order valence-corrected chi connectivity index (χ1v) is 5.55. The number of carboxylic acid groups (broad SMARTS) is 1. The van der Waals surface area contributed by atoms with E-state index in [-0.39, 0.29) is 54.0 Å². The number of carbonyl (C=O) groups is 1. The molecule has 0 aliphatic rings. The van der Waals surface area contributed by atoms with Gasteiger partial charge in [0.05, 0.1) is 17.6 Å². The fourth-order valence-electron chi connectivity index (χ4n) is 1.94. The van der Waals surface area contributed by atoms with Gasteiger partial charge in [0, 0.05) is 18.0 Å². The Labute approximate surface area is 130 Å². The summed E-state index contributed by atoms with van der Waals surface area (Å²) in [6.07, 6.45) is -0.264. The van der Waals surface area contributed by atoms with E-state index in [1.54, 1.807) is 6.92 Å². The number of fused-ring (bicyclic) bond motifs is 1. The third-order valence-electron chi connectivity index (χ3n) is 2.78. The zero-order valence-electron chi connectivity index (χ0n) is 10.5. The number of hydrogen-bond acceptors (Lipinski definition) is 5. The van der Waals surface area contributed by atoms with E-state index >= 15 is 0 Å². The van der Waals surface area contributed by atoms with Gasteiger partial charge in [0.1, 0.15) is 11.5 Å². The summed E-state index contributed by atoms with van der Waals surface area (Å²) in [4.78, 5) is 26.1. The lowest BCUT2D eigenvalue weighted by Gasteiger charge is -2.11. The van der Waals surface area contributed by atoms with E-state index in [0.717, 1.165) is 10.6 Å². The number of aliphatic carboxylic acids is 1. The van der Waals surface area contributed by atoms with Crippen molar-refractivity contribution in [3.63, 3.8) is 0 Å². The molecule has 8 heteroatoms. The van der Waals surface area contributed by atoms with E-state index in [2.05, 4.69) is 4.98 Å². The quantitative estimate of drug-likeness (QED) is 0.677. The molecule has 20 heavy (non-hydrogen) atoms. The van der Waals surface area contributed by atoms with Gasteiger partial charge in [0.25, 0.3) is 0 Å². The third-order valence-corrected chi connectivity index (χ3v) is 2.78. The van der Waals surface area contributed by atoms with E-state index in [1.165, 1.54) is 6.07 Å². The minimum absolute atomic E-state index is 0. The standard InChI is InChI=1S/C12H12N2O5.HI/c1-6-8-4-7(15)5-9(16)11(8)14(12(19)13-6)3-2-10(17)18;/h4-5,15-16H,2-3H2,1H3,(H,17,18);1H. The summed E-state index contributed by atoms with van der Waals surface area (Å²) >= 11 is 0. The van der Waals surface area contributed by atoms with Crippen molar-refractivity contribution in [3.05, 3.63) is 28.3 Å². The molecular weight excluding hydrogens is 379 g/mol. The van der Waals surface area contributed by atoms with Crippen molar-refractivity contribution in [2.75, 3.05) is 0 Å². The van der Waals surface area contributed by atoms with E-state index in [1.807, 2.05) is 0 Å². The van der Waals surface area contributed by atoms with Crippen LogP contribution in [0.15, 0.2) is 16.9 Å². The Morgan fingerprint density at radius 3 is 2.60 bits per heavy atom. The van der Waals surface area contributed by atoms with Crippen LogP contribution in [0.5, 0.6) is 11.5 Å². The van der Waals surface area contributed by atoms with Crippen molar-refractivity contribution < 1.29 is 20.1 Å². The van der Waals surface area contributed by atoms with E-state index in [9.17, 15) is 19.8 Å². The zero-order chi connectivity index (χ0) is 14.2. The molecule has 0 radical (unpaired) electrons. The Balaban J connectivity index is 0.00000200. The Morgan fingerprint density at radius 2 is 2.00 bits per heavy atom. The second-order valence-electron chi connectivity index (χ2n) is 4.14. The van der Waals surface area contributed by atoms with Crippen LogP contribution in [-0.4, -0.2) is 30.8 Å². The summed E-state index contributed by atoms with van der Waals surface area (Å²) < 4.78 is 1.09. The van der Waals surface area contributed by atoms with Gasteiger partial charge in [-0.3, -0.25) is 9.36 Å². The first-order chi connectivity index (χ1) is 8.90. The molecule has 1 aromatic carbocycles. The molecule has 0 aliphatic carbocycles. The number of phenols is 2. The lowest BCUT2D eigenvalue weighted by atomic mass is 10.1. The number of benzene rings is 1. The van der Waals surface area contributed by atoms with E-state index in [0.29, 0.717) is 11.1 Å². The Bertz CT molecular complexity index is 726. The second kappa shape index (κ2) is 6.07. The third kappa shape index (κ3) is 3.00. The summed E-state index contributed by atoms with van der Waals surface area (Å²) in [5, 5.41) is 28.4. The molecule has 3 N–H and O–H groups in total. The maximum atomic E-state index is 11.8. The molecule has 1 aromatic heterocycles. The molecule has 0 atom stereocenters. The first-order valence-electron chi connectivity index (χ1n) is 5.55. The van der Waals surface area contributed by atoms with Gasteiger partial charge < -0.3 is 15.3 Å². The molecule has 0 fully saturated rings. The Hall–Kier alpha value is -1.84. The average Bonchev–Trinajstić information content (AvgIpc) is 2.29. The molecule has 0 spiro atoms. The average molecular weight is 392 g/mol. The molecule has 1 heterocycles. The lowest BCUT2D eigenvalue weighted by molar-refractivity contribution is -0.137. The minimum atomic E-state index is -1.06. The van der Waals surface area contributed by atoms with Crippen LogP contribution >= 0.6 is 24.0 Å². The van der Waals surface area contributed by atoms with Gasteiger partial charge in [-0.1, -0.05) is 0 Å². The monoisotopic (exact) mass is 392 g/mol. The predicted molar refractivity (Wildman–Crippen MR) is 81.7 cm³/mol. The van der Waals surface area contributed by atoms with Gasteiger partial charge in [0.2, 0.25) is 0 Å². The summed E-state index contributed by atoms with van der Waals surface area (Å²) in [5.74, 6) is -1.50. The largest absolute Gasteiger partial charge is 0.508 e. The minimum Gasteiger partial charge on any atom is -0.508 e. The van der Waals surface area contributed by atoms with Crippen LogP contribution in [0, 0.1) is 6.92 Å². The van der Waals surface area contributed by atoms with Crippen LogP contribution in [-0.2, 0) is 11.3 Å². The van der Waals surface area contributed by atoms with Crippen molar-refractivity contribution in [1.82, 2.24) is 9.55 Å². The van der Waals surface area contributed by atoms with Crippen molar-refractivity contribution >= 4 is 40.8 Å². The Morgan fingerprint density at radius 1 is 1.35 bits per heavy atom. The molecule has 0 aliphatic heterocycles. The molecule has 0 saturated heterocycles. The van der Waals surface area contributed by atoms with Crippen molar-refractivity contribution in [1.29, 1.82) is 0 Å². The number of hydrogen-bond donors (Lipinski definition) is 3. The highest BCUT2D eigenvalue weighted by Gasteiger charge is 2.13. The second-order valence-corrected chi connectivity index (χ2v) is 4.14. The van der Waals surface area contributed by atoms with Gasteiger partial charge in [-0.2, -0.15) is 4.98 Å². The van der Waals surface area contributed by atoms with Crippen LogP contribution < -0.4 is 5.69 Å². The molecular formula is C12H13IN2O5. The Kier molecular flexibility index (Phi) is 4.93. The smallest absolute Gasteiger partial charge is 0.348 e. The summed E-state index contributed by atoms with van der Waals surface area (Å²) in [7, 11) is 0.